The van der Waals surface area contributed by atoms with Crippen LogP contribution in [0, 0.1) is 0 Å². The molecule has 2 rings (SSSR count). The average molecular weight is 255 g/mol. The Balaban J connectivity index is 2.32. The van der Waals surface area contributed by atoms with Gasteiger partial charge in [-0.25, -0.2) is 4.98 Å². The fourth-order valence-corrected chi connectivity index (χ4v) is 2.45. The van der Waals surface area contributed by atoms with E-state index in [-0.39, 0.29) is 5.03 Å². The molecule has 0 unspecified atom stereocenters. The van der Waals surface area contributed by atoms with Crippen molar-refractivity contribution in [1.82, 2.24) is 19.7 Å². The standard InChI is InChI=1S/C9H13N5O2S/c1-3-7-8(5-14(2)12-7)13-17(15,16)9-4-10-6-11-9/h4-6,13H,3H2,1-2H3,(H,10,11). The maximum Gasteiger partial charge on any atom is 0.279 e. The van der Waals surface area contributed by atoms with E-state index in [1.54, 1.807) is 17.9 Å². The van der Waals surface area contributed by atoms with Crippen molar-refractivity contribution >= 4 is 15.7 Å². The van der Waals surface area contributed by atoms with Crippen molar-refractivity contribution in [3.05, 3.63) is 24.4 Å². The van der Waals surface area contributed by atoms with E-state index in [9.17, 15) is 8.42 Å². The van der Waals surface area contributed by atoms with Gasteiger partial charge in [0.15, 0.2) is 5.03 Å². The Morgan fingerprint density at radius 1 is 1.53 bits per heavy atom. The molecule has 0 aliphatic rings. The molecule has 17 heavy (non-hydrogen) atoms. The number of rotatable bonds is 4. The van der Waals surface area contributed by atoms with Crippen molar-refractivity contribution in [2.75, 3.05) is 4.72 Å². The smallest absolute Gasteiger partial charge is 0.279 e. The summed E-state index contributed by atoms with van der Waals surface area (Å²) in [6, 6.07) is 0. The lowest BCUT2D eigenvalue weighted by atomic mass is 10.3. The second-order valence-electron chi connectivity index (χ2n) is 3.54. The van der Waals surface area contributed by atoms with Gasteiger partial charge in [0.05, 0.1) is 23.9 Å². The molecule has 2 N–H and O–H groups in total. The van der Waals surface area contributed by atoms with E-state index >= 15 is 0 Å². The minimum atomic E-state index is -3.61. The number of nitrogens with zero attached hydrogens (tertiary/aromatic N) is 3. The number of anilines is 1. The number of H-pyrrole nitrogens is 1. The first kappa shape index (κ1) is 11.6. The zero-order valence-corrected chi connectivity index (χ0v) is 10.3. The summed E-state index contributed by atoms with van der Waals surface area (Å²) in [5.74, 6) is 0. The van der Waals surface area contributed by atoms with Gasteiger partial charge >= 0.3 is 0 Å². The fraction of sp³-hybridized carbons (Fsp3) is 0.333. The second kappa shape index (κ2) is 4.21. The topological polar surface area (TPSA) is 92.7 Å². The third-order valence-electron chi connectivity index (χ3n) is 2.25. The highest BCUT2D eigenvalue weighted by Gasteiger charge is 2.18. The van der Waals surface area contributed by atoms with Crippen LogP contribution in [0.25, 0.3) is 0 Å². The molecule has 0 amide bonds. The number of hydrogen-bond acceptors (Lipinski definition) is 4. The molecule has 0 aliphatic heterocycles. The predicted molar refractivity (Wildman–Crippen MR) is 62.0 cm³/mol. The predicted octanol–water partition coefficient (Wildman–Crippen LogP) is 0.506. The first-order valence-electron chi connectivity index (χ1n) is 5.06. The number of hydrogen-bond donors (Lipinski definition) is 2. The van der Waals surface area contributed by atoms with Crippen LogP contribution in [-0.2, 0) is 23.5 Å². The van der Waals surface area contributed by atoms with Gasteiger partial charge in [-0.05, 0) is 6.42 Å². The molecule has 2 aromatic rings. The minimum Gasteiger partial charge on any atom is -0.334 e. The van der Waals surface area contributed by atoms with Crippen LogP contribution in [0.3, 0.4) is 0 Å². The van der Waals surface area contributed by atoms with Gasteiger partial charge in [0.2, 0.25) is 0 Å². The first-order valence-corrected chi connectivity index (χ1v) is 6.55. The molecule has 0 radical (unpaired) electrons. The van der Waals surface area contributed by atoms with Crippen LogP contribution >= 0.6 is 0 Å². The maximum atomic E-state index is 11.9. The van der Waals surface area contributed by atoms with Crippen molar-refractivity contribution in [2.24, 2.45) is 7.05 Å². The van der Waals surface area contributed by atoms with E-state index in [0.29, 0.717) is 17.8 Å². The maximum absolute atomic E-state index is 11.9. The van der Waals surface area contributed by atoms with Crippen LogP contribution in [0.5, 0.6) is 0 Å². The number of imidazole rings is 1. The molecular weight excluding hydrogens is 242 g/mol. The monoisotopic (exact) mass is 255 g/mol. The number of sulfonamides is 1. The van der Waals surface area contributed by atoms with Crippen LogP contribution in [-0.4, -0.2) is 28.2 Å². The summed E-state index contributed by atoms with van der Waals surface area (Å²) in [4.78, 5) is 6.24. The Morgan fingerprint density at radius 2 is 2.29 bits per heavy atom. The van der Waals surface area contributed by atoms with E-state index < -0.39 is 10.0 Å². The van der Waals surface area contributed by atoms with Gasteiger partial charge < -0.3 is 4.98 Å². The molecule has 2 aromatic heterocycles. The van der Waals surface area contributed by atoms with Crippen LogP contribution in [0.4, 0.5) is 5.69 Å². The fourth-order valence-electron chi connectivity index (χ4n) is 1.47. The van der Waals surface area contributed by atoms with Gasteiger partial charge in [-0.15, -0.1) is 0 Å². The molecule has 0 aromatic carbocycles. The van der Waals surface area contributed by atoms with Gasteiger partial charge in [-0.1, -0.05) is 6.92 Å². The molecule has 0 saturated carbocycles. The second-order valence-corrected chi connectivity index (χ2v) is 5.19. The van der Waals surface area contributed by atoms with E-state index in [1.807, 2.05) is 6.92 Å². The largest absolute Gasteiger partial charge is 0.334 e. The number of aryl methyl sites for hydroxylation is 2. The number of aromatic amines is 1. The Labute approximate surface area is 98.9 Å². The van der Waals surface area contributed by atoms with E-state index in [2.05, 4.69) is 19.8 Å². The van der Waals surface area contributed by atoms with E-state index in [1.165, 1.54) is 12.5 Å². The van der Waals surface area contributed by atoms with Gasteiger partial charge in [0, 0.05) is 13.2 Å². The highest BCUT2D eigenvalue weighted by Crippen LogP contribution is 2.17. The normalized spacial score (nSPS) is 11.6. The highest BCUT2D eigenvalue weighted by molar-refractivity contribution is 7.92. The summed E-state index contributed by atoms with van der Waals surface area (Å²) >= 11 is 0. The van der Waals surface area contributed by atoms with Gasteiger partial charge in [0.1, 0.15) is 0 Å². The molecule has 0 atom stereocenters. The Kier molecular flexibility index (Phi) is 2.88. The van der Waals surface area contributed by atoms with Crippen LogP contribution in [0.15, 0.2) is 23.7 Å². The summed E-state index contributed by atoms with van der Waals surface area (Å²) in [5, 5.41) is 4.19. The molecule has 0 spiro atoms. The average Bonchev–Trinajstić information content (AvgIpc) is 2.86. The Hall–Kier alpha value is -1.83. The molecule has 92 valence electrons. The third kappa shape index (κ3) is 2.31. The molecule has 0 fully saturated rings. The lowest BCUT2D eigenvalue weighted by molar-refractivity contribution is 0.598. The van der Waals surface area contributed by atoms with Crippen molar-refractivity contribution in [3.63, 3.8) is 0 Å². The lowest BCUT2D eigenvalue weighted by Crippen LogP contribution is -2.13. The van der Waals surface area contributed by atoms with Crippen LogP contribution < -0.4 is 4.72 Å². The van der Waals surface area contributed by atoms with E-state index in [4.69, 9.17) is 0 Å². The quantitative estimate of drug-likeness (QED) is 0.832. The zero-order valence-electron chi connectivity index (χ0n) is 9.51. The van der Waals surface area contributed by atoms with Crippen LogP contribution in [0.2, 0.25) is 0 Å². The van der Waals surface area contributed by atoms with Crippen molar-refractivity contribution in [1.29, 1.82) is 0 Å². The van der Waals surface area contributed by atoms with Gasteiger partial charge in [-0.3, -0.25) is 9.40 Å². The summed E-state index contributed by atoms with van der Waals surface area (Å²) in [5.41, 5.74) is 1.19. The summed E-state index contributed by atoms with van der Waals surface area (Å²) in [7, 11) is -1.87. The van der Waals surface area contributed by atoms with Crippen molar-refractivity contribution in [2.45, 2.75) is 18.4 Å². The molecule has 0 saturated heterocycles. The summed E-state index contributed by atoms with van der Waals surface area (Å²) in [6.45, 7) is 1.91. The SMILES string of the molecule is CCc1nn(C)cc1NS(=O)(=O)c1cnc[nH]1. The van der Waals surface area contributed by atoms with E-state index in [0.717, 1.165) is 0 Å². The minimum absolute atomic E-state index is 0.0309. The highest BCUT2D eigenvalue weighted by atomic mass is 32.2. The zero-order chi connectivity index (χ0) is 12.5. The number of nitrogens with one attached hydrogen (secondary N) is 2. The van der Waals surface area contributed by atoms with Crippen molar-refractivity contribution in [3.8, 4) is 0 Å². The number of aromatic nitrogens is 4. The van der Waals surface area contributed by atoms with Crippen LogP contribution in [0.1, 0.15) is 12.6 Å². The molecule has 7 nitrogen and oxygen atoms in total. The third-order valence-corrected chi connectivity index (χ3v) is 3.54. The lowest BCUT2D eigenvalue weighted by Gasteiger charge is -2.04. The molecule has 0 aliphatic carbocycles. The molecule has 2 heterocycles. The summed E-state index contributed by atoms with van der Waals surface area (Å²) in [6.07, 6.45) is 4.86. The molecule has 8 heteroatoms. The molecule has 0 bridgehead atoms. The van der Waals surface area contributed by atoms with Gasteiger partial charge in [-0.2, -0.15) is 13.5 Å². The Bertz CT molecular complexity index is 599. The Morgan fingerprint density at radius 3 is 2.88 bits per heavy atom. The first-order chi connectivity index (χ1) is 8.03. The van der Waals surface area contributed by atoms with Crippen molar-refractivity contribution < 1.29 is 8.42 Å². The molecular formula is C9H13N5O2S. The van der Waals surface area contributed by atoms with Gasteiger partial charge in [0.25, 0.3) is 10.0 Å². The summed E-state index contributed by atoms with van der Waals surface area (Å²) < 4.78 is 27.9.